The average Bonchev–Trinajstić information content (AvgIpc) is 2.51. The number of aromatic nitrogens is 1. The van der Waals surface area contributed by atoms with Crippen molar-refractivity contribution in [3.63, 3.8) is 0 Å². The Balaban J connectivity index is 2.09. The van der Waals surface area contributed by atoms with Gasteiger partial charge in [-0.3, -0.25) is 4.98 Å². The van der Waals surface area contributed by atoms with Crippen LogP contribution in [0.1, 0.15) is 51.6 Å². The summed E-state index contributed by atoms with van der Waals surface area (Å²) in [6, 6.07) is 9.76. The second kappa shape index (κ2) is 7.99. The molecule has 0 aliphatic heterocycles. The van der Waals surface area contributed by atoms with Crippen molar-refractivity contribution in [2.45, 2.75) is 58.7 Å². The van der Waals surface area contributed by atoms with Crippen LogP contribution >= 0.6 is 0 Å². The molecule has 1 N–H and O–H groups in total. The van der Waals surface area contributed by atoms with Crippen molar-refractivity contribution in [2.24, 2.45) is 0 Å². The molecule has 1 atom stereocenters. The minimum absolute atomic E-state index is 0.0634. The van der Waals surface area contributed by atoms with Gasteiger partial charge >= 0.3 is 0 Å². The van der Waals surface area contributed by atoms with E-state index in [1.54, 1.807) is 0 Å². The Labute approximate surface area is 127 Å². The Bertz CT molecular complexity index is 568. The maximum atomic E-state index is 9.34. The summed E-state index contributed by atoms with van der Waals surface area (Å²) in [6.07, 6.45) is 6.25. The van der Waals surface area contributed by atoms with Crippen molar-refractivity contribution in [1.82, 2.24) is 4.98 Å². The predicted molar refractivity (Wildman–Crippen MR) is 86.5 cm³/mol. The summed E-state index contributed by atoms with van der Waals surface area (Å²) >= 11 is 0. The molecule has 0 aliphatic rings. The third-order valence-electron chi connectivity index (χ3n) is 3.69. The highest BCUT2D eigenvalue weighted by Crippen LogP contribution is 2.27. The third-order valence-corrected chi connectivity index (χ3v) is 3.69. The first-order valence-corrected chi connectivity index (χ1v) is 7.90. The normalized spacial score (nSPS) is 12.5. The van der Waals surface area contributed by atoms with Crippen LogP contribution in [0.25, 0.3) is 10.9 Å². The molecule has 0 fully saturated rings. The summed E-state index contributed by atoms with van der Waals surface area (Å²) in [6.45, 7) is 4.27. The molecule has 0 saturated carbocycles. The lowest BCUT2D eigenvalue weighted by Gasteiger charge is -2.17. The number of para-hydroxylation sites is 1. The molecule has 1 heterocycles. The summed E-state index contributed by atoms with van der Waals surface area (Å²) in [7, 11) is 0. The highest BCUT2D eigenvalue weighted by atomic mass is 16.5. The predicted octanol–water partition coefficient (Wildman–Crippen LogP) is 4.46. The highest BCUT2D eigenvalue weighted by Gasteiger charge is 2.10. The second-order valence-electron chi connectivity index (χ2n) is 5.56. The Morgan fingerprint density at radius 2 is 2.00 bits per heavy atom. The molecule has 0 aliphatic carbocycles. The van der Waals surface area contributed by atoms with Gasteiger partial charge in [-0.1, -0.05) is 38.3 Å². The zero-order chi connectivity index (χ0) is 15.1. The van der Waals surface area contributed by atoms with Crippen LogP contribution in [-0.4, -0.2) is 16.2 Å². The topological polar surface area (TPSA) is 42.4 Å². The zero-order valence-electron chi connectivity index (χ0n) is 13.0. The van der Waals surface area contributed by atoms with E-state index in [0.29, 0.717) is 5.69 Å². The van der Waals surface area contributed by atoms with Crippen molar-refractivity contribution in [3.05, 3.63) is 36.0 Å². The van der Waals surface area contributed by atoms with E-state index in [4.69, 9.17) is 4.74 Å². The quantitative estimate of drug-likeness (QED) is 0.729. The summed E-state index contributed by atoms with van der Waals surface area (Å²) in [5, 5.41) is 10.3. The number of ether oxygens (including phenoxy) is 1. The van der Waals surface area contributed by atoms with E-state index >= 15 is 0 Å². The minimum Gasteiger partial charge on any atom is -0.490 e. The first-order chi connectivity index (χ1) is 10.2. The molecule has 21 heavy (non-hydrogen) atoms. The number of hydrogen-bond donors (Lipinski definition) is 1. The van der Waals surface area contributed by atoms with Gasteiger partial charge in [0.1, 0.15) is 5.75 Å². The first-order valence-electron chi connectivity index (χ1n) is 7.90. The van der Waals surface area contributed by atoms with Crippen LogP contribution < -0.4 is 4.74 Å². The number of aliphatic hydroxyl groups is 1. The Morgan fingerprint density at radius 1 is 1.19 bits per heavy atom. The van der Waals surface area contributed by atoms with Gasteiger partial charge in [-0.15, -0.1) is 0 Å². The fraction of sp³-hybridized carbons (Fsp3) is 0.500. The maximum Gasteiger partial charge on any atom is 0.131 e. The van der Waals surface area contributed by atoms with Crippen LogP contribution in [0.3, 0.4) is 0 Å². The van der Waals surface area contributed by atoms with E-state index in [1.165, 1.54) is 25.7 Å². The molecular weight excluding hydrogens is 262 g/mol. The molecule has 1 unspecified atom stereocenters. The molecule has 114 valence electrons. The number of benzene rings is 1. The van der Waals surface area contributed by atoms with Gasteiger partial charge in [0.2, 0.25) is 0 Å². The number of pyridine rings is 1. The molecule has 3 heteroatoms. The monoisotopic (exact) mass is 287 g/mol. The van der Waals surface area contributed by atoms with Gasteiger partial charge in [0.15, 0.2) is 0 Å². The summed E-state index contributed by atoms with van der Waals surface area (Å²) in [5.41, 5.74) is 1.53. The standard InChI is InChI=1S/C18H25NO2/c1-3-4-5-6-9-14(2)21-18-12-15(13-20)19-17-11-8-7-10-16(17)18/h7-8,10-12,14,20H,3-6,9,13H2,1-2H3. The van der Waals surface area contributed by atoms with Crippen molar-refractivity contribution in [2.75, 3.05) is 0 Å². The fourth-order valence-corrected chi connectivity index (χ4v) is 2.51. The van der Waals surface area contributed by atoms with E-state index in [-0.39, 0.29) is 12.7 Å². The first kappa shape index (κ1) is 15.8. The molecular formula is C18H25NO2. The lowest BCUT2D eigenvalue weighted by Crippen LogP contribution is -2.12. The molecule has 0 saturated heterocycles. The van der Waals surface area contributed by atoms with Crippen molar-refractivity contribution in [3.8, 4) is 5.75 Å². The van der Waals surface area contributed by atoms with Gasteiger partial charge in [-0.2, -0.15) is 0 Å². The molecule has 0 spiro atoms. The summed E-state index contributed by atoms with van der Waals surface area (Å²) in [4.78, 5) is 4.42. The smallest absolute Gasteiger partial charge is 0.131 e. The minimum atomic E-state index is -0.0634. The van der Waals surface area contributed by atoms with Crippen molar-refractivity contribution in [1.29, 1.82) is 0 Å². The van der Waals surface area contributed by atoms with Gasteiger partial charge in [0.25, 0.3) is 0 Å². The molecule has 1 aromatic carbocycles. The van der Waals surface area contributed by atoms with E-state index in [2.05, 4.69) is 18.8 Å². The third kappa shape index (κ3) is 4.43. The van der Waals surface area contributed by atoms with Crippen LogP contribution in [0.4, 0.5) is 0 Å². The molecule has 3 nitrogen and oxygen atoms in total. The van der Waals surface area contributed by atoms with Crippen LogP contribution in [0.5, 0.6) is 5.75 Å². The van der Waals surface area contributed by atoms with Crippen molar-refractivity contribution >= 4 is 10.9 Å². The average molecular weight is 287 g/mol. The number of aliphatic hydroxyl groups excluding tert-OH is 1. The van der Waals surface area contributed by atoms with Gasteiger partial charge in [-0.05, 0) is 31.9 Å². The molecule has 1 aromatic heterocycles. The SMILES string of the molecule is CCCCCCC(C)Oc1cc(CO)nc2ccccc12. The Morgan fingerprint density at radius 3 is 2.76 bits per heavy atom. The Hall–Kier alpha value is -1.61. The van der Waals surface area contributed by atoms with Crippen LogP contribution in [0.2, 0.25) is 0 Å². The molecule has 0 amide bonds. The second-order valence-corrected chi connectivity index (χ2v) is 5.56. The van der Waals surface area contributed by atoms with Crippen LogP contribution in [0.15, 0.2) is 30.3 Å². The summed E-state index contributed by atoms with van der Waals surface area (Å²) < 4.78 is 6.10. The lowest BCUT2D eigenvalue weighted by atomic mass is 10.1. The number of unbranched alkanes of at least 4 members (excludes halogenated alkanes) is 3. The highest BCUT2D eigenvalue weighted by molar-refractivity contribution is 5.85. The summed E-state index contributed by atoms with van der Waals surface area (Å²) in [5.74, 6) is 0.827. The number of nitrogens with zero attached hydrogens (tertiary/aromatic N) is 1. The van der Waals surface area contributed by atoms with E-state index < -0.39 is 0 Å². The number of fused-ring (bicyclic) bond motifs is 1. The molecule has 0 radical (unpaired) electrons. The maximum absolute atomic E-state index is 9.34. The largest absolute Gasteiger partial charge is 0.490 e. The fourth-order valence-electron chi connectivity index (χ4n) is 2.51. The van der Waals surface area contributed by atoms with Gasteiger partial charge in [-0.25, -0.2) is 0 Å². The number of hydrogen-bond acceptors (Lipinski definition) is 3. The molecule has 2 rings (SSSR count). The van der Waals surface area contributed by atoms with E-state index in [1.807, 2.05) is 30.3 Å². The van der Waals surface area contributed by atoms with Crippen LogP contribution in [0, 0.1) is 0 Å². The lowest BCUT2D eigenvalue weighted by molar-refractivity contribution is 0.207. The molecule has 2 aromatic rings. The Kier molecular flexibility index (Phi) is 6.00. The van der Waals surface area contributed by atoms with Crippen LogP contribution in [-0.2, 0) is 6.61 Å². The zero-order valence-corrected chi connectivity index (χ0v) is 13.0. The molecule has 0 bridgehead atoms. The number of rotatable bonds is 8. The van der Waals surface area contributed by atoms with Gasteiger partial charge < -0.3 is 9.84 Å². The van der Waals surface area contributed by atoms with Gasteiger partial charge in [0, 0.05) is 11.5 Å². The van der Waals surface area contributed by atoms with E-state index in [0.717, 1.165) is 23.1 Å². The van der Waals surface area contributed by atoms with Crippen molar-refractivity contribution < 1.29 is 9.84 Å². The van der Waals surface area contributed by atoms with E-state index in [9.17, 15) is 5.11 Å². The van der Waals surface area contributed by atoms with Gasteiger partial charge in [0.05, 0.1) is 23.9 Å².